The van der Waals surface area contributed by atoms with Crippen LogP contribution in [0.3, 0.4) is 0 Å². The molecule has 0 aromatic heterocycles. The number of amides is 4. The van der Waals surface area contributed by atoms with Gasteiger partial charge < -0.3 is 9.47 Å². The molecule has 35 heavy (non-hydrogen) atoms. The van der Waals surface area contributed by atoms with E-state index in [1.807, 2.05) is 56.3 Å². The first kappa shape index (κ1) is 22.4. The molecule has 2 aliphatic rings. The van der Waals surface area contributed by atoms with Crippen molar-refractivity contribution < 1.29 is 23.9 Å². The predicted molar refractivity (Wildman–Crippen MR) is 131 cm³/mol. The third kappa shape index (κ3) is 4.66. The van der Waals surface area contributed by atoms with Crippen molar-refractivity contribution in [3.05, 3.63) is 95.1 Å². The molecule has 0 bridgehead atoms. The highest BCUT2D eigenvalue weighted by Crippen LogP contribution is 2.35. The predicted octanol–water partition coefficient (Wildman–Crippen LogP) is 4.65. The van der Waals surface area contributed by atoms with Crippen LogP contribution in [0.4, 0.5) is 10.5 Å². The number of carbonyl (C=O) groups excluding carboxylic acids is 3. The Hall–Kier alpha value is -4.39. The summed E-state index contributed by atoms with van der Waals surface area (Å²) in [5.74, 6) is -0.0227. The molecule has 2 heterocycles. The van der Waals surface area contributed by atoms with Crippen LogP contribution in [0.1, 0.15) is 30.5 Å². The lowest BCUT2D eigenvalue weighted by atomic mass is 9.99. The van der Waals surface area contributed by atoms with Gasteiger partial charge in [-0.15, -0.1) is 0 Å². The summed E-state index contributed by atoms with van der Waals surface area (Å²) in [6.07, 6.45) is 2.23. The van der Waals surface area contributed by atoms with E-state index in [0.717, 1.165) is 28.2 Å². The van der Waals surface area contributed by atoms with Gasteiger partial charge in [-0.2, -0.15) is 0 Å². The summed E-state index contributed by atoms with van der Waals surface area (Å²) < 4.78 is 11.7. The smallest absolute Gasteiger partial charge is 0.335 e. The molecule has 1 saturated heterocycles. The number of benzene rings is 3. The molecule has 0 unspecified atom stereocenters. The van der Waals surface area contributed by atoms with Gasteiger partial charge in [0.15, 0.2) is 0 Å². The number of hydrogen-bond acceptors (Lipinski definition) is 5. The number of imide groups is 2. The summed E-state index contributed by atoms with van der Waals surface area (Å²) in [5.41, 5.74) is 2.63. The highest BCUT2D eigenvalue weighted by Gasteiger charge is 2.37. The maximum Gasteiger partial charge on any atom is 0.335 e. The summed E-state index contributed by atoms with van der Waals surface area (Å²) in [5, 5.41) is 2.26. The zero-order valence-corrected chi connectivity index (χ0v) is 19.4. The first-order valence-electron chi connectivity index (χ1n) is 11.3. The van der Waals surface area contributed by atoms with Gasteiger partial charge in [0, 0.05) is 6.42 Å². The second-order valence-corrected chi connectivity index (χ2v) is 9.13. The van der Waals surface area contributed by atoms with E-state index in [2.05, 4.69) is 5.32 Å². The molecule has 1 N–H and O–H groups in total. The van der Waals surface area contributed by atoms with Crippen molar-refractivity contribution in [2.45, 2.75) is 32.5 Å². The van der Waals surface area contributed by atoms with E-state index in [-0.39, 0.29) is 11.2 Å². The number of nitrogens with zero attached hydrogens (tertiary/aromatic N) is 1. The molecule has 7 nitrogen and oxygen atoms in total. The summed E-state index contributed by atoms with van der Waals surface area (Å²) in [6.45, 7) is 4.41. The monoisotopic (exact) mass is 468 g/mol. The lowest BCUT2D eigenvalue weighted by molar-refractivity contribution is -0.122. The van der Waals surface area contributed by atoms with Gasteiger partial charge in [-0.05, 0) is 73.0 Å². The molecule has 1 fully saturated rings. The van der Waals surface area contributed by atoms with E-state index in [1.54, 1.807) is 30.3 Å². The largest absolute Gasteiger partial charge is 0.489 e. The van der Waals surface area contributed by atoms with Crippen LogP contribution in [-0.4, -0.2) is 23.4 Å². The van der Waals surface area contributed by atoms with Crippen molar-refractivity contribution in [1.82, 2.24) is 5.32 Å². The van der Waals surface area contributed by atoms with Crippen molar-refractivity contribution in [3.63, 3.8) is 0 Å². The summed E-state index contributed by atoms with van der Waals surface area (Å²) >= 11 is 0. The van der Waals surface area contributed by atoms with Gasteiger partial charge in [0.2, 0.25) is 0 Å². The van der Waals surface area contributed by atoms with Crippen molar-refractivity contribution >= 4 is 29.6 Å². The Morgan fingerprint density at radius 3 is 2.49 bits per heavy atom. The van der Waals surface area contributed by atoms with Crippen LogP contribution in [-0.2, 0) is 22.6 Å². The number of anilines is 1. The number of fused-ring (bicyclic) bond motifs is 1. The average molecular weight is 469 g/mol. The molecule has 3 aromatic rings. The molecule has 176 valence electrons. The Kier molecular flexibility index (Phi) is 5.61. The minimum Gasteiger partial charge on any atom is -0.489 e. The van der Waals surface area contributed by atoms with Gasteiger partial charge >= 0.3 is 6.03 Å². The van der Waals surface area contributed by atoms with Gasteiger partial charge in [0.25, 0.3) is 11.8 Å². The van der Waals surface area contributed by atoms with Crippen LogP contribution < -0.4 is 19.7 Å². The van der Waals surface area contributed by atoms with E-state index in [1.165, 1.54) is 6.08 Å². The van der Waals surface area contributed by atoms with Gasteiger partial charge in [-0.25, -0.2) is 9.69 Å². The van der Waals surface area contributed by atoms with Crippen LogP contribution in [0.25, 0.3) is 6.08 Å². The van der Waals surface area contributed by atoms with Crippen LogP contribution >= 0.6 is 0 Å². The Labute approximate surface area is 203 Å². The topological polar surface area (TPSA) is 84.9 Å². The SMILES string of the molecule is CC1(C)Cc2cc(/C=C3/C(=O)NC(=O)N(c4ccc(OCc5ccccc5)cc4)C3=O)ccc2O1. The number of urea groups is 1. The first-order valence-corrected chi connectivity index (χ1v) is 11.3. The van der Waals surface area contributed by atoms with Gasteiger partial charge in [0.1, 0.15) is 29.3 Å². The van der Waals surface area contributed by atoms with E-state index in [4.69, 9.17) is 9.47 Å². The van der Waals surface area contributed by atoms with Gasteiger partial charge in [0.05, 0.1) is 5.69 Å². The average Bonchev–Trinajstić information content (AvgIpc) is 3.15. The molecule has 0 aliphatic carbocycles. The number of ether oxygens (including phenoxy) is 2. The number of hydrogen-bond donors (Lipinski definition) is 1. The first-order chi connectivity index (χ1) is 16.8. The highest BCUT2D eigenvalue weighted by molar-refractivity contribution is 6.39. The van der Waals surface area contributed by atoms with Crippen LogP contribution in [0.2, 0.25) is 0 Å². The number of nitrogens with one attached hydrogen (secondary N) is 1. The summed E-state index contributed by atoms with van der Waals surface area (Å²) in [7, 11) is 0. The molecule has 2 aliphatic heterocycles. The molecule has 0 atom stereocenters. The lowest BCUT2D eigenvalue weighted by Crippen LogP contribution is -2.54. The second-order valence-electron chi connectivity index (χ2n) is 9.13. The Morgan fingerprint density at radius 2 is 1.74 bits per heavy atom. The molecule has 7 heteroatoms. The maximum absolute atomic E-state index is 13.2. The molecule has 4 amide bonds. The third-order valence-corrected chi connectivity index (χ3v) is 5.84. The van der Waals surface area contributed by atoms with Crippen LogP contribution in [0.15, 0.2) is 78.4 Å². The molecule has 0 spiro atoms. The fourth-order valence-corrected chi connectivity index (χ4v) is 4.21. The fourth-order valence-electron chi connectivity index (χ4n) is 4.21. The van der Waals surface area contributed by atoms with E-state index < -0.39 is 17.8 Å². The standard InChI is InChI=1S/C28H24N2O5/c1-28(2)16-20-14-19(8-13-24(20)35-28)15-23-25(31)29-27(33)30(26(23)32)21-9-11-22(12-10-21)34-17-18-6-4-3-5-7-18/h3-15H,16-17H2,1-2H3,(H,29,31,33)/b23-15-. The summed E-state index contributed by atoms with van der Waals surface area (Å²) in [6, 6.07) is 21.0. The van der Waals surface area contributed by atoms with E-state index >= 15 is 0 Å². The molecule has 0 saturated carbocycles. The molecule has 0 radical (unpaired) electrons. The minimum atomic E-state index is -0.792. The highest BCUT2D eigenvalue weighted by atomic mass is 16.5. The lowest BCUT2D eigenvalue weighted by Gasteiger charge is -2.26. The van der Waals surface area contributed by atoms with Crippen molar-refractivity contribution in [1.29, 1.82) is 0 Å². The maximum atomic E-state index is 13.2. The Balaban J connectivity index is 1.35. The fraction of sp³-hybridized carbons (Fsp3) is 0.179. The second kappa shape index (κ2) is 8.76. The van der Waals surface area contributed by atoms with Crippen molar-refractivity contribution in [2.75, 3.05) is 4.90 Å². The zero-order valence-electron chi connectivity index (χ0n) is 19.4. The molecule has 3 aromatic carbocycles. The van der Waals surface area contributed by atoms with Crippen molar-refractivity contribution in [3.8, 4) is 11.5 Å². The number of carbonyl (C=O) groups is 3. The van der Waals surface area contributed by atoms with Crippen LogP contribution in [0.5, 0.6) is 11.5 Å². The van der Waals surface area contributed by atoms with Crippen molar-refractivity contribution in [2.24, 2.45) is 0 Å². The normalized spacial score (nSPS) is 17.7. The van der Waals surface area contributed by atoms with E-state index in [9.17, 15) is 14.4 Å². The van der Waals surface area contributed by atoms with Crippen LogP contribution in [0, 0.1) is 0 Å². The number of rotatable bonds is 5. The Bertz CT molecular complexity index is 1340. The molecule has 5 rings (SSSR count). The summed E-state index contributed by atoms with van der Waals surface area (Å²) in [4.78, 5) is 39.2. The molecular weight excluding hydrogens is 444 g/mol. The third-order valence-electron chi connectivity index (χ3n) is 5.84. The van der Waals surface area contributed by atoms with E-state index in [0.29, 0.717) is 23.6 Å². The molecular formula is C28H24N2O5. The minimum absolute atomic E-state index is 0.118. The van der Waals surface area contributed by atoms with Gasteiger partial charge in [-0.3, -0.25) is 14.9 Å². The zero-order chi connectivity index (χ0) is 24.6. The Morgan fingerprint density at radius 1 is 1.00 bits per heavy atom. The quantitative estimate of drug-likeness (QED) is 0.435. The van der Waals surface area contributed by atoms with Gasteiger partial charge in [-0.1, -0.05) is 36.4 Å². The number of barbiturate groups is 1.